The highest BCUT2D eigenvalue weighted by Crippen LogP contribution is 2.69. The maximum atomic E-state index is 13.9. The molecule has 6 fully saturated rings. The molecule has 16 heteroatoms. The summed E-state index contributed by atoms with van der Waals surface area (Å²) in [4.78, 5) is 58.6. The van der Waals surface area contributed by atoms with Gasteiger partial charge in [0.05, 0.1) is 10.8 Å². The van der Waals surface area contributed by atoms with E-state index in [1.54, 1.807) is 23.9 Å². The number of thioether (sulfide) groups is 2. The Labute approximate surface area is 386 Å². The van der Waals surface area contributed by atoms with E-state index in [0.29, 0.717) is 0 Å². The van der Waals surface area contributed by atoms with Crippen LogP contribution in [0.25, 0.3) is 11.1 Å². The normalized spacial score (nSPS) is 35.3. The minimum absolute atomic E-state index is 0.121. The van der Waals surface area contributed by atoms with Crippen LogP contribution in [-0.2, 0) is 42.8 Å². The number of allylic oxidation sites excluding steroid dienone is 2. The number of amides is 4. The van der Waals surface area contributed by atoms with Crippen LogP contribution in [0.3, 0.4) is 0 Å². The van der Waals surface area contributed by atoms with Gasteiger partial charge in [-0.3, -0.25) is 29.0 Å². The van der Waals surface area contributed by atoms with E-state index in [0.717, 1.165) is 57.6 Å². The first-order chi connectivity index (χ1) is 31.0. The van der Waals surface area contributed by atoms with Crippen molar-refractivity contribution in [3.8, 4) is 0 Å². The highest BCUT2D eigenvalue weighted by atomic mass is 33.1. The smallest absolute Gasteiger partial charge is 0.263 e. The molecule has 0 aromatic heterocycles. The van der Waals surface area contributed by atoms with Crippen LogP contribution < -0.4 is 10.6 Å². The first-order valence-corrected chi connectivity index (χ1v) is 26.0. The van der Waals surface area contributed by atoms with Gasteiger partial charge >= 0.3 is 0 Å². The molecule has 10 atom stereocenters. The summed E-state index contributed by atoms with van der Waals surface area (Å²) in [6, 6.07) is 32.3. The van der Waals surface area contributed by atoms with Crippen molar-refractivity contribution in [3.63, 3.8) is 0 Å². The molecular formula is C48H44N6O6S4. The monoisotopic (exact) mass is 928 g/mol. The number of para-hydroxylation sites is 2. The number of hydrogen-bond acceptors (Lipinski definition) is 12. The van der Waals surface area contributed by atoms with Crippen molar-refractivity contribution < 1.29 is 29.4 Å². The predicted octanol–water partition coefficient (Wildman–Crippen LogP) is 5.15. The lowest BCUT2D eigenvalue weighted by atomic mass is 9.68. The number of likely N-dealkylation sites (N-methyl/N-ethyl adjacent to an activating group) is 2. The van der Waals surface area contributed by atoms with E-state index in [9.17, 15) is 29.4 Å². The summed E-state index contributed by atoms with van der Waals surface area (Å²) < 4.78 is 0. The third kappa shape index (κ3) is 4.50. The van der Waals surface area contributed by atoms with Crippen LogP contribution in [0.15, 0.2) is 109 Å². The Morgan fingerprint density at radius 3 is 1.72 bits per heavy atom. The molecule has 326 valence electrons. The molecule has 2 bridgehead atoms. The number of aliphatic hydroxyl groups excluding tert-OH is 2. The van der Waals surface area contributed by atoms with Crippen LogP contribution in [0.1, 0.15) is 33.4 Å². The molecule has 8 heterocycles. The molecule has 6 saturated heterocycles. The molecule has 4 aromatic rings. The molecule has 2 aliphatic carbocycles. The summed E-state index contributed by atoms with van der Waals surface area (Å²) in [5.74, 6) is -0.712. The summed E-state index contributed by atoms with van der Waals surface area (Å²) in [5, 5.41) is 30.4. The fourth-order valence-corrected chi connectivity index (χ4v) is 17.9. The number of carbonyl (C=O) groups excluding carboxylic acids is 4. The van der Waals surface area contributed by atoms with Gasteiger partial charge in [0.15, 0.2) is 15.6 Å². The minimum atomic E-state index is -1.42. The molecule has 1 spiro atoms. The average Bonchev–Trinajstić information content (AvgIpc) is 4.15. The molecular weight excluding hydrogens is 885 g/mol. The van der Waals surface area contributed by atoms with Gasteiger partial charge in [0.2, 0.25) is 4.87 Å². The fourth-order valence-electron chi connectivity index (χ4n) is 12.6. The number of piperazine rings is 2. The number of carbonyl (C=O) groups is 4. The molecule has 0 radical (unpaired) electrons. The maximum absolute atomic E-state index is 13.9. The second-order valence-corrected chi connectivity index (χ2v) is 22.1. The van der Waals surface area contributed by atoms with Crippen LogP contribution in [0.2, 0.25) is 0 Å². The Bertz CT molecular complexity index is 2840. The molecule has 64 heavy (non-hydrogen) atoms. The quantitative estimate of drug-likeness (QED) is 0.201. The van der Waals surface area contributed by atoms with E-state index < -0.39 is 55.9 Å². The van der Waals surface area contributed by atoms with E-state index in [1.165, 1.54) is 66.0 Å². The molecule has 14 rings (SSSR count). The number of aliphatic hydroxyl groups is 2. The number of rotatable bonds is 4. The van der Waals surface area contributed by atoms with Gasteiger partial charge in [0.1, 0.15) is 24.5 Å². The summed E-state index contributed by atoms with van der Waals surface area (Å²) in [7, 11) is 6.04. The van der Waals surface area contributed by atoms with Crippen LogP contribution >= 0.6 is 45.1 Å². The van der Waals surface area contributed by atoms with Crippen molar-refractivity contribution in [2.75, 3.05) is 37.2 Å². The predicted molar refractivity (Wildman–Crippen MR) is 254 cm³/mol. The molecule has 10 aliphatic rings. The SMILES string of the molecule is CN1C(=O)[C@]23SS[C@H]1C(=O)N2[C@H]1Nc2ccccc2[C@@]1(C1=CCc2ccccc21)[C@@H]3O.CS[C@H]1C(=O)N2[C@H]3Nc4ccccc4[C@@]3(C3=CCc4ccccc43)[C@H](O)[C@]2(SC)C(=O)N1C. The average molecular weight is 929 g/mol. The fraction of sp³-hybridized carbons (Fsp3) is 0.333. The summed E-state index contributed by atoms with van der Waals surface area (Å²) in [5.41, 5.74) is 8.30. The molecule has 0 saturated carbocycles. The highest BCUT2D eigenvalue weighted by Gasteiger charge is 2.81. The van der Waals surface area contributed by atoms with Crippen molar-refractivity contribution in [1.29, 1.82) is 0 Å². The van der Waals surface area contributed by atoms with E-state index >= 15 is 0 Å². The second-order valence-electron chi connectivity index (χ2n) is 17.7. The van der Waals surface area contributed by atoms with Crippen LogP contribution in [-0.4, -0.2) is 125 Å². The third-order valence-electron chi connectivity index (χ3n) is 15.2. The van der Waals surface area contributed by atoms with Crippen molar-refractivity contribution in [1.82, 2.24) is 19.6 Å². The zero-order valence-corrected chi connectivity index (χ0v) is 38.5. The standard InChI is InChI=1S/C25H25N3O3S2.C23H19N3O3S2/c1-27-20(32-2)19(29)28-22-24(17-10-6-7-11-18(17)26-22,21(30)25(28,33-3)23(27)31)16-13-12-14-8-4-5-9-15(14)16;1-25-18-17(27)26-20-22(15-8-4-5-9-16(15)24-20,19(28)23(26,21(25)29)31-30-18)14-11-10-12-6-2-3-7-13(12)14/h4-11,13,20-22,26,30H,12H2,1-3H3;2-9,11,18-20,24,28H,10H2,1H3/t20-,21-,22+,24-,25-;18-,19-,20+,22-,23-/m00/s1. The van der Waals surface area contributed by atoms with Gasteiger partial charge in [0.25, 0.3) is 23.6 Å². The molecule has 0 unspecified atom stereocenters. The van der Waals surface area contributed by atoms with Crippen molar-refractivity contribution in [2.24, 2.45) is 0 Å². The Morgan fingerprint density at radius 2 is 1.16 bits per heavy atom. The van der Waals surface area contributed by atoms with Gasteiger partial charge in [-0.25, -0.2) is 0 Å². The van der Waals surface area contributed by atoms with E-state index in [4.69, 9.17) is 0 Å². The van der Waals surface area contributed by atoms with Gasteiger partial charge in [0, 0.05) is 25.5 Å². The number of nitrogens with one attached hydrogen (secondary N) is 2. The van der Waals surface area contributed by atoms with Crippen LogP contribution in [0.5, 0.6) is 0 Å². The zero-order chi connectivity index (χ0) is 44.2. The number of benzene rings is 4. The number of hydrogen-bond donors (Lipinski definition) is 4. The van der Waals surface area contributed by atoms with Crippen molar-refractivity contribution in [3.05, 3.63) is 143 Å². The third-order valence-corrected chi connectivity index (χ3v) is 20.7. The van der Waals surface area contributed by atoms with Gasteiger partial charge in [-0.2, -0.15) is 0 Å². The number of anilines is 2. The Hall–Kier alpha value is -4.84. The van der Waals surface area contributed by atoms with Gasteiger partial charge in [-0.15, -0.1) is 23.5 Å². The first kappa shape index (κ1) is 40.7. The lowest BCUT2D eigenvalue weighted by molar-refractivity contribution is -0.160. The van der Waals surface area contributed by atoms with E-state index in [-0.39, 0.29) is 23.6 Å². The number of nitrogens with zero attached hydrogens (tertiary/aromatic N) is 4. The lowest BCUT2D eigenvalue weighted by Gasteiger charge is -2.53. The van der Waals surface area contributed by atoms with Crippen LogP contribution in [0, 0.1) is 0 Å². The molecule has 4 N–H and O–H groups in total. The molecule has 8 aliphatic heterocycles. The highest BCUT2D eigenvalue weighted by molar-refractivity contribution is 8.78. The topological polar surface area (TPSA) is 146 Å². The molecule has 4 amide bonds. The lowest BCUT2D eigenvalue weighted by Crippen LogP contribution is -2.73. The van der Waals surface area contributed by atoms with Crippen LogP contribution in [0.4, 0.5) is 11.4 Å². The maximum Gasteiger partial charge on any atom is 0.263 e. The first-order valence-electron chi connectivity index (χ1n) is 21.3. The minimum Gasteiger partial charge on any atom is -0.388 e. The summed E-state index contributed by atoms with van der Waals surface area (Å²) >= 11 is 2.60. The van der Waals surface area contributed by atoms with E-state index in [2.05, 4.69) is 47.1 Å². The largest absolute Gasteiger partial charge is 0.388 e. The van der Waals surface area contributed by atoms with Gasteiger partial charge < -0.3 is 30.6 Å². The number of fused-ring (bicyclic) bond motifs is 12. The Kier molecular flexibility index (Phi) is 8.79. The van der Waals surface area contributed by atoms with Crippen molar-refractivity contribution in [2.45, 2.75) is 68.7 Å². The summed E-state index contributed by atoms with van der Waals surface area (Å²) in [6.45, 7) is 0. The van der Waals surface area contributed by atoms with E-state index in [1.807, 2.05) is 85.3 Å². The summed E-state index contributed by atoms with van der Waals surface area (Å²) in [6.07, 6.45) is 6.18. The Morgan fingerprint density at radius 1 is 0.641 bits per heavy atom. The zero-order valence-electron chi connectivity index (χ0n) is 35.2. The van der Waals surface area contributed by atoms with Gasteiger partial charge in [-0.05, 0) is 92.8 Å². The molecule has 4 aromatic carbocycles. The Balaban J connectivity index is 0.000000135. The van der Waals surface area contributed by atoms with Gasteiger partial charge in [-0.1, -0.05) is 108 Å². The van der Waals surface area contributed by atoms with Crippen molar-refractivity contribution >= 4 is 91.3 Å². The molecule has 12 nitrogen and oxygen atoms in total. The second kappa shape index (κ2) is 13.8.